The molecule has 19 heavy (non-hydrogen) atoms. The van der Waals surface area contributed by atoms with Crippen molar-refractivity contribution in [2.75, 3.05) is 33.3 Å². The van der Waals surface area contributed by atoms with E-state index in [1.54, 1.807) is 19.2 Å². The second kappa shape index (κ2) is 8.17. The van der Waals surface area contributed by atoms with E-state index in [0.29, 0.717) is 17.9 Å². The monoisotopic (exact) mass is 328 g/mol. The van der Waals surface area contributed by atoms with Crippen LogP contribution in [0.3, 0.4) is 0 Å². The summed E-state index contributed by atoms with van der Waals surface area (Å²) in [7, 11) is 1.56. The molecule has 1 aromatic rings. The normalized spacial score (nSPS) is 10.6. The van der Waals surface area contributed by atoms with Crippen molar-refractivity contribution in [3.8, 4) is 5.75 Å². The number of halogens is 1. The first-order valence-electron chi connectivity index (χ1n) is 6.46. The first kappa shape index (κ1) is 16.0. The number of carbonyl (C=O) groups is 1. The molecule has 0 atom stereocenters. The van der Waals surface area contributed by atoms with Crippen molar-refractivity contribution in [3.63, 3.8) is 0 Å². The average Bonchev–Trinajstić information content (AvgIpc) is 2.43. The fraction of sp³-hybridized carbons (Fsp3) is 0.500. The molecule has 5 heteroatoms. The van der Waals surface area contributed by atoms with Crippen LogP contribution in [0.1, 0.15) is 24.2 Å². The van der Waals surface area contributed by atoms with E-state index in [2.05, 4.69) is 40.0 Å². The lowest BCUT2D eigenvalue weighted by Crippen LogP contribution is -2.34. The van der Waals surface area contributed by atoms with Crippen molar-refractivity contribution in [2.24, 2.45) is 0 Å². The Bertz CT molecular complexity index is 420. The molecule has 0 bridgehead atoms. The average molecular weight is 329 g/mol. The van der Waals surface area contributed by atoms with Gasteiger partial charge in [-0.2, -0.15) is 0 Å². The zero-order chi connectivity index (χ0) is 14.3. The summed E-state index contributed by atoms with van der Waals surface area (Å²) in [6.45, 7) is 7.71. The van der Waals surface area contributed by atoms with E-state index in [0.717, 1.165) is 24.1 Å². The Kier molecular flexibility index (Phi) is 6.87. The molecule has 0 heterocycles. The summed E-state index contributed by atoms with van der Waals surface area (Å²) < 4.78 is 6.11. The van der Waals surface area contributed by atoms with Crippen LogP contribution in [0.25, 0.3) is 0 Å². The molecule has 1 N–H and O–H groups in total. The minimum absolute atomic E-state index is 0.100. The maximum Gasteiger partial charge on any atom is 0.255 e. The minimum Gasteiger partial charge on any atom is -0.496 e. The number of methoxy groups -OCH3 is 1. The Morgan fingerprint density at radius 2 is 2.05 bits per heavy atom. The van der Waals surface area contributed by atoms with Gasteiger partial charge in [0.1, 0.15) is 5.75 Å². The fourth-order valence-electron chi connectivity index (χ4n) is 1.82. The molecular formula is C14H21BrN2O2. The highest BCUT2D eigenvalue weighted by molar-refractivity contribution is 9.10. The maximum absolute atomic E-state index is 12.1. The van der Waals surface area contributed by atoms with Crippen molar-refractivity contribution in [3.05, 3.63) is 28.2 Å². The van der Waals surface area contributed by atoms with Gasteiger partial charge in [-0.1, -0.05) is 29.8 Å². The standard InChI is InChI=1S/C14H21BrN2O2/c1-4-17(5-2)9-8-16-14(18)12-7-6-11(15)10-13(12)19-3/h6-7,10H,4-5,8-9H2,1-3H3,(H,16,18). The summed E-state index contributed by atoms with van der Waals surface area (Å²) >= 11 is 3.36. The summed E-state index contributed by atoms with van der Waals surface area (Å²) in [5, 5.41) is 2.92. The van der Waals surface area contributed by atoms with Gasteiger partial charge < -0.3 is 15.0 Å². The lowest BCUT2D eigenvalue weighted by molar-refractivity contribution is 0.0946. The van der Waals surface area contributed by atoms with Crippen LogP contribution in [0.2, 0.25) is 0 Å². The van der Waals surface area contributed by atoms with Gasteiger partial charge in [-0.15, -0.1) is 0 Å². The molecule has 0 aliphatic heterocycles. The number of likely N-dealkylation sites (N-methyl/N-ethyl adjacent to an activating group) is 1. The van der Waals surface area contributed by atoms with Crippen LogP contribution in [0.15, 0.2) is 22.7 Å². The summed E-state index contributed by atoms with van der Waals surface area (Å²) in [6.07, 6.45) is 0. The van der Waals surface area contributed by atoms with Crippen molar-refractivity contribution >= 4 is 21.8 Å². The molecule has 0 aliphatic rings. The zero-order valence-corrected chi connectivity index (χ0v) is 13.3. The Morgan fingerprint density at radius 1 is 1.37 bits per heavy atom. The number of ether oxygens (including phenoxy) is 1. The molecule has 4 nitrogen and oxygen atoms in total. The number of hydrogen-bond acceptors (Lipinski definition) is 3. The van der Waals surface area contributed by atoms with Gasteiger partial charge >= 0.3 is 0 Å². The smallest absolute Gasteiger partial charge is 0.255 e. The molecule has 0 aromatic heterocycles. The van der Waals surface area contributed by atoms with Gasteiger partial charge in [0.2, 0.25) is 0 Å². The topological polar surface area (TPSA) is 41.6 Å². The van der Waals surface area contributed by atoms with Gasteiger partial charge in [-0.25, -0.2) is 0 Å². The molecular weight excluding hydrogens is 308 g/mol. The fourth-order valence-corrected chi connectivity index (χ4v) is 2.16. The Hall–Kier alpha value is -1.07. The van der Waals surface area contributed by atoms with E-state index in [1.165, 1.54) is 0 Å². The first-order valence-corrected chi connectivity index (χ1v) is 7.25. The van der Waals surface area contributed by atoms with Gasteiger partial charge in [-0.05, 0) is 31.3 Å². The Balaban J connectivity index is 2.58. The van der Waals surface area contributed by atoms with Crippen LogP contribution in [-0.4, -0.2) is 44.1 Å². The van der Waals surface area contributed by atoms with Crippen molar-refractivity contribution in [2.45, 2.75) is 13.8 Å². The molecule has 0 saturated heterocycles. The largest absolute Gasteiger partial charge is 0.496 e. The predicted octanol–water partition coefficient (Wildman–Crippen LogP) is 2.53. The Morgan fingerprint density at radius 3 is 2.63 bits per heavy atom. The molecule has 106 valence electrons. The van der Waals surface area contributed by atoms with Gasteiger partial charge in [0.15, 0.2) is 0 Å². The number of amides is 1. The number of benzene rings is 1. The van der Waals surface area contributed by atoms with Gasteiger partial charge in [-0.3, -0.25) is 4.79 Å². The van der Waals surface area contributed by atoms with E-state index in [1.807, 2.05) is 6.07 Å². The number of rotatable bonds is 7. The number of nitrogens with zero attached hydrogens (tertiary/aromatic N) is 1. The third-order valence-corrected chi connectivity index (χ3v) is 3.51. The molecule has 0 spiro atoms. The highest BCUT2D eigenvalue weighted by Crippen LogP contribution is 2.23. The molecule has 0 radical (unpaired) electrons. The molecule has 1 aromatic carbocycles. The molecule has 1 amide bonds. The minimum atomic E-state index is -0.100. The molecule has 1 rings (SSSR count). The van der Waals surface area contributed by atoms with Crippen LogP contribution in [0.4, 0.5) is 0 Å². The number of nitrogens with one attached hydrogen (secondary N) is 1. The number of carbonyl (C=O) groups excluding carboxylic acids is 1. The highest BCUT2D eigenvalue weighted by atomic mass is 79.9. The van der Waals surface area contributed by atoms with Gasteiger partial charge in [0.25, 0.3) is 5.91 Å². The van der Waals surface area contributed by atoms with Crippen molar-refractivity contribution in [1.82, 2.24) is 10.2 Å². The van der Waals surface area contributed by atoms with Crippen molar-refractivity contribution in [1.29, 1.82) is 0 Å². The third-order valence-electron chi connectivity index (χ3n) is 3.02. The van der Waals surface area contributed by atoms with E-state index >= 15 is 0 Å². The van der Waals surface area contributed by atoms with Crippen LogP contribution in [0, 0.1) is 0 Å². The predicted molar refractivity (Wildman–Crippen MR) is 80.8 cm³/mol. The molecule has 0 unspecified atom stereocenters. The molecule has 0 saturated carbocycles. The van der Waals surface area contributed by atoms with Crippen LogP contribution in [0.5, 0.6) is 5.75 Å². The van der Waals surface area contributed by atoms with E-state index < -0.39 is 0 Å². The van der Waals surface area contributed by atoms with E-state index in [9.17, 15) is 4.79 Å². The third kappa shape index (κ3) is 4.84. The zero-order valence-electron chi connectivity index (χ0n) is 11.7. The summed E-state index contributed by atoms with van der Waals surface area (Å²) in [6, 6.07) is 5.39. The lowest BCUT2D eigenvalue weighted by atomic mass is 10.2. The summed E-state index contributed by atoms with van der Waals surface area (Å²) in [5.74, 6) is 0.478. The lowest BCUT2D eigenvalue weighted by Gasteiger charge is -2.18. The second-order valence-electron chi connectivity index (χ2n) is 4.13. The highest BCUT2D eigenvalue weighted by Gasteiger charge is 2.12. The second-order valence-corrected chi connectivity index (χ2v) is 5.04. The van der Waals surface area contributed by atoms with E-state index in [-0.39, 0.29) is 5.91 Å². The summed E-state index contributed by atoms with van der Waals surface area (Å²) in [5.41, 5.74) is 0.560. The maximum atomic E-state index is 12.1. The first-order chi connectivity index (χ1) is 9.12. The molecule has 0 aliphatic carbocycles. The van der Waals surface area contributed by atoms with E-state index in [4.69, 9.17) is 4.74 Å². The summed E-state index contributed by atoms with van der Waals surface area (Å²) in [4.78, 5) is 14.3. The van der Waals surface area contributed by atoms with Gasteiger partial charge in [0, 0.05) is 17.6 Å². The number of hydrogen-bond donors (Lipinski definition) is 1. The van der Waals surface area contributed by atoms with Crippen molar-refractivity contribution < 1.29 is 9.53 Å². The van der Waals surface area contributed by atoms with Crippen LogP contribution in [-0.2, 0) is 0 Å². The van der Waals surface area contributed by atoms with Crippen LogP contribution < -0.4 is 10.1 Å². The Labute approximate surface area is 123 Å². The molecule has 0 fully saturated rings. The van der Waals surface area contributed by atoms with Gasteiger partial charge in [0.05, 0.1) is 12.7 Å². The quantitative estimate of drug-likeness (QED) is 0.836. The SMILES string of the molecule is CCN(CC)CCNC(=O)c1ccc(Br)cc1OC. The van der Waals surface area contributed by atoms with Crippen LogP contribution >= 0.6 is 15.9 Å².